The van der Waals surface area contributed by atoms with Crippen molar-refractivity contribution >= 4 is 11.7 Å². The molecular weight excluding hydrogens is 226 g/mol. The number of nitro groups is 1. The molecule has 1 aromatic rings. The lowest BCUT2D eigenvalue weighted by Gasteiger charge is -1.98. The minimum absolute atomic E-state index is 0.139. The Balaban J connectivity index is 2.79. The Morgan fingerprint density at radius 1 is 1.41 bits per heavy atom. The van der Waals surface area contributed by atoms with E-state index in [1.807, 2.05) is 0 Å². The molecule has 17 heavy (non-hydrogen) atoms. The number of phenols is 1. The molecule has 0 radical (unpaired) electrons. The Morgan fingerprint density at radius 2 is 2.00 bits per heavy atom. The molecule has 0 atom stereocenters. The number of nitrogens with two attached hydrogens (primary N) is 1. The summed E-state index contributed by atoms with van der Waals surface area (Å²) in [5, 5.41) is 25.4. The van der Waals surface area contributed by atoms with E-state index in [0.29, 0.717) is 5.71 Å². The number of benzene rings is 1. The van der Waals surface area contributed by atoms with E-state index in [0.717, 1.165) is 5.56 Å². The molecule has 0 saturated heterocycles. The molecule has 0 saturated carbocycles. The summed E-state index contributed by atoms with van der Waals surface area (Å²) in [6.45, 7) is 1.66. The number of guanidine groups is 1. The lowest BCUT2D eigenvalue weighted by Crippen LogP contribution is -2.35. The summed E-state index contributed by atoms with van der Waals surface area (Å²) in [5.41, 5.74) is 8.07. The molecule has 0 aliphatic heterocycles. The van der Waals surface area contributed by atoms with Gasteiger partial charge in [-0.05, 0) is 36.8 Å². The third-order valence-corrected chi connectivity index (χ3v) is 1.80. The number of hydrogen-bond acceptors (Lipinski definition) is 5. The second-order valence-corrected chi connectivity index (χ2v) is 3.09. The second kappa shape index (κ2) is 5.45. The van der Waals surface area contributed by atoms with Gasteiger partial charge in [-0.15, -0.1) is 5.10 Å². The van der Waals surface area contributed by atoms with Crippen molar-refractivity contribution in [2.24, 2.45) is 15.9 Å². The molecular formula is C9H11N5O3. The van der Waals surface area contributed by atoms with E-state index in [1.165, 1.54) is 12.1 Å². The van der Waals surface area contributed by atoms with Crippen molar-refractivity contribution in [3.8, 4) is 5.75 Å². The highest BCUT2D eigenvalue weighted by Gasteiger charge is 1.99. The van der Waals surface area contributed by atoms with Crippen molar-refractivity contribution in [3.63, 3.8) is 0 Å². The van der Waals surface area contributed by atoms with Crippen molar-refractivity contribution in [1.82, 2.24) is 5.43 Å². The van der Waals surface area contributed by atoms with Gasteiger partial charge in [-0.3, -0.25) is 0 Å². The lowest BCUT2D eigenvalue weighted by atomic mass is 10.1. The Kier molecular flexibility index (Phi) is 3.98. The van der Waals surface area contributed by atoms with Crippen molar-refractivity contribution in [3.05, 3.63) is 39.9 Å². The minimum atomic E-state index is -0.829. The van der Waals surface area contributed by atoms with Crippen molar-refractivity contribution in [1.29, 1.82) is 0 Å². The monoisotopic (exact) mass is 237 g/mol. The molecule has 0 amide bonds. The average Bonchev–Trinajstić information content (AvgIpc) is 2.26. The maximum atomic E-state index is 10.0. The largest absolute Gasteiger partial charge is 0.508 e. The summed E-state index contributed by atoms with van der Waals surface area (Å²) in [6.07, 6.45) is 0. The molecule has 0 aliphatic carbocycles. The molecule has 0 heterocycles. The van der Waals surface area contributed by atoms with Gasteiger partial charge >= 0.3 is 0 Å². The number of nitrogens with one attached hydrogen (secondary N) is 1. The summed E-state index contributed by atoms with van der Waals surface area (Å²) >= 11 is 0. The summed E-state index contributed by atoms with van der Waals surface area (Å²) in [7, 11) is 0. The van der Waals surface area contributed by atoms with Crippen molar-refractivity contribution in [2.75, 3.05) is 0 Å². The first-order valence-electron chi connectivity index (χ1n) is 4.57. The Hall–Kier alpha value is -2.64. The van der Waals surface area contributed by atoms with Crippen LogP contribution in [0.4, 0.5) is 0 Å². The lowest BCUT2D eigenvalue weighted by molar-refractivity contribution is -0.525. The van der Waals surface area contributed by atoms with Gasteiger partial charge in [0.1, 0.15) is 5.75 Å². The van der Waals surface area contributed by atoms with Crippen LogP contribution in [0.5, 0.6) is 5.75 Å². The molecule has 8 nitrogen and oxygen atoms in total. The van der Waals surface area contributed by atoms with Gasteiger partial charge in [0.05, 0.1) is 5.71 Å². The van der Waals surface area contributed by atoms with E-state index in [1.54, 1.807) is 24.5 Å². The van der Waals surface area contributed by atoms with Gasteiger partial charge < -0.3 is 10.8 Å². The molecule has 0 aromatic heterocycles. The molecule has 4 N–H and O–H groups in total. The average molecular weight is 237 g/mol. The van der Waals surface area contributed by atoms with Crippen LogP contribution in [0.15, 0.2) is 34.5 Å². The zero-order valence-corrected chi connectivity index (χ0v) is 8.99. The van der Waals surface area contributed by atoms with Crippen LogP contribution in [-0.4, -0.2) is 21.8 Å². The van der Waals surface area contributed by atoms with E-state index in [9.17, 15) is 10.1 Å². The fourth-order valence-electron chi connectivity index (χ4n) is 1.01. The van der Waals surface area contributed by atoms with E-state index < -0.39 is 11.0 Å². The molecule has 0 aliphatic rings. The summed E-state index contributed by atoms with van der Waals surface area (Å²) < 4.78 is 0. The smallest absolute Gasteiger partial charge is 0.275 e. The van der Waals surface area contributed by atoms with Gasteiger partial charge in [0.15, 0.2) is 5.03 Å². The zero-order valence-electron chi connectivity index (χ0n) is 8.99. The summed E-state index contributed by atoms with van der Waals surface area (Å²) in [5.74, 6) is -0.271. The molecule has 0 bridgehead atoms. The van der Waals surface area contributed by atoms with Gasteiger partial charge in [-0.1, -0.05) is 5.43 Å². The third kappa shape index (κ3) is 4.16. The molecule has 0 unspecified atom stereocenters. The molecule has 0 fully saturated rings. The van der Waals surface area contributed by atoms with Crippen LogP contribution in [0, 0.1) is 10.1 Å². The quantitative estimate of drug-likeness (QED) is 0.300. The predicted molar refractivity (Wildman–Crippen MR) is 62.1 cm³/mol. The van der Waals surface area contributed by atoms with Crippen LogP contribution < -0.4 is 11.2 Å². The van der Waals surface area contributed by atoms with E-state index in [2.05, 4.69) is 10.2 Å². The Labute approximate surface area is 96.6 Å². The van der Waals surface area contributed by atoms with E-state index in [-0.39, 0.29) is 5.75 Å². The van der Waals surface area contributed by atoms with Gasteiger partial charge in [-0.2, -0.15) is 5.10 Å². The fraction of sp³-hybridized carbons (Fsp3) is 0.111. The van der Waals surface area contributed by atoms with Gasteiger partial charge in [0.25, 0.3) is 5.96 Å². The number of phenolic OH excluding ortho intramolecular Hbond substituents is 1. The number of aromatic hydroxyl groups is 1. The zero-order chi connectivity index (χ0) is 12.8. The van der Waals surface area contributed by atoms with E-state index in [4.69, 9.17) is 10.8 Å². The first-order valence-corrected chi connectivity index (χ1v) is 4.57. The highest BCUT2D eigenvalue weighted by atomic mass is 16.7. The predicted octanol–water partition coefficient (Wildman–Crippen LogP) is 0.212. The second-order valence-electron chi connectivity index (χ2n) is 3.09. The van der Waals surface area contributed by atoms with Gasteiger partial charge in [-0.25, -0.2) is 10.1 Å². The SMILES string of the molecule is C/C(=N\N=C(N)N[N+](=O)[O-])c1ccc(O)cc1. The maximum absolute atomic E-state index is 10.0. The van der Waals surface area contributed by atoms with Crippen LogP contribution in [0.2, 0.25) is 0 Å². The van der Waals surface area contributed by atoms with Crippen LogP contribution in [0.3, 0.4) is 0 Å². The first kappa shape index (κ1) is 12.4. The summed E-state index contributed by atoms with van der Waals surface area (Å²) in [6, 6.07) is 6.27. The number of nitrogens with zero attached hydrogens (tertiary/aromatic N) is 3. The third-order valence-electron chi connectivity index (χ3n) is 1.80. The fourth-order valence-corrected chi connectivity index (χ4v) is 1.01. The maximum Gasteiger partial charge on any atom is 0.275 e. The van der Waals surface area contributed by atoms with Crippen molar-refractivity contribution < 1.29 is 10.1 Å². The van der Waals surface area contributed by atoms with Gasteiger partial charge in [0.2, 0.25) is 0 Å². The van der Waals surface area contributed by atoms with Crippen LogP contribution >= 0.6 is 0 Å². The molecule has 8 heteroatoms. The number of rotatable bonds is 3. The van der Waals surface area contributed by atoms with Gasteiger partial charge in [0, 0.05) is 0 Å². The standard InChI is InChI=1S/C9H11N5O3/c1-6(7-2-4-8(15)5-3-7)11-12-9(10)13-14(16)17/h2-5,15H,1H3,(H3,10,12,13)/b11-6+. The first-order chi connectivity index (χ1) is 7.99. The number of hydrazine groups is 1. The van der Waals surface area contributed by atoms with Crippen LogP contribution in [-0.2, 0) is 0 Å². The Bertz CT molecular complexity index is 466. The highest BCUT2D eigenvalue weighted by molar-refractivity contribution is 5.99. The minimum Gasteiger partial charge on any atom is -0.508 e. The highest BCUT2D eigenvalue weighted by Crippen LogP contribution is 2.10. The molecule has 1 aromatic carbocycles. The molecule has 0 spiro atoms. The molecule has 1 rings (SSSR count). The Morgan fingerprint density at radius 3 is 2.53 bits per heavy atom. The topological polar surface area (TPSA) is 126 Å². The van der Waals surface area contributed by atoms with Crippen LogP contribution in [0.25, 0.3) is 0 Å². The molecule has 90 valence electrons. The summed E-state index contributed by atoms with van der Waals surface area (Å²) in [4.78, 5) is 10.0. The number of hydrogen-bond donors (Lipinski definition) is 3. The van der Waals surface area contributed by atoms with E-state index >= 15 is 0 Å². The normalized spacial score (nSPS) is 12.3. The van der Waals surface area contributed by atoms with Crippen molar-refractivity contribution in [2.45, 2.75) is 6.92 Å². The van der Waals surface area contributed by atoms with Crippen LogP contribution in [0.1, 0.15) is 12.5 Å².